The predicted molar refractivity (Wildman–Crippen MR) is 127 cm³/mol. The molecule has 0 saturated carbocycles. The van der Waals surface area contributed by atoms with Gasteiger partial charge in [-0.25, -0.2) is 5.43 Å². The van der Waals surface area contributed by atoms with Gasteiger partial charge in [0.05, 0.1) is 18.9 Å². The summed E-state index contributed by atoms with van der Waals surface area (Å²) in [5.41, 5.74) is 2.67. The van der Waals surface area contributed by atoms with E-state index in [-0.39, 0.29) is 28.0 Å². The third kappa shape index (κ3) is 6.37. The molecule has 0 aliphatic carbocycles. The van der Waals surface area contributed by atoms with E-state index in [1.54, 1.807) is 42.5 Å². The van der Waals surface area contributed by atoms with Gasteiger partial charge < -0.3 is 8.60 Å². The van der Waals surface area contributed by atoms with Crippen molar-refractivity contribution in [2.24, 2.45) is 5.10 Å². The highest BCUT2D eigenvalue weighted by Crippen LogP contribution is 2.22. The zero-order valence-electron chi connectivity index (χ0n) is 17.8. The third-order valence-corrected chi connectivity index (χ3v) is 6.37. The van der Waals surface area contributed by atoms with Gasteiger partial charge in [0, 0.05) is 5.56 Å². The van der Waals surface area contributed by atoms with Crippen LogP contribution < -0.4 is 14.9 Å². The van der Waals surface area contributed by atoms with Crippen LogP contribution in [0.25, 0.3) is 0 Å². The normalized spacial score (nSPS) is 11.3. The number of nitrogens with one attached hydrogen (secondary N) is 2. The summed E-state index contributed by atoms with van der Waals surface area (Å²) in [6, 6.07) is 17.2. The third-order valence-electron chi connectivity index (χ3n) is 4.29. The van der Waals surface area contributed by atoms with Gasteiger partial charge in [0.2, 0.25) is 11.0 Å². The monoisotopic (exact) mass is 511 g/mol. The molecule has 13 heteroatoms. The number of hydrazone groups is 1. The van der Waals surface area contributed by atoms with Crippen LogP contribution in [0.3, 0.4) is 0 Å². The van der Waals surface area contributed by atoms with E-state index in [1.165, 1.54) is 36.7 Å². The number of rotatable bonds is 9. The first kappa shape index (κ1) is 23.8. The topological polar surface area (TPSA) is 153 Å². The summed E-state index contributed by atoms with van der Waals surface area (Å²) in [6.07, 6.45) is 2.51. The second-order valence-electron chi connectivity index (χ2n) is 6.79. The van der Waals surface area contributed by atoms with Gasteiger partial charge in [0.1, 0.15) is 9.90 Å². The Balaban J connectivity index is 1.34. The molecule has 11 nitrogen and oxygen atoms in total. The SMILES string of the molecule is O=C(Cc1nnc(NC(=O)c2ccco2)s1)N/N=C\c1ccccc1OS(=O)(=O)c1ccccc1. The molecule has 0 aliphatic rings. The van der Waals surface area contributed by atoms with Crippen LogP contribution in [0.1, 0.15) is 21.1 Å². The summed E-state index contributed by atoms with van der Waals surface area (Å²) >= 11 is 1.03. The lowest BCUT2D eigenvalue weighted by molar-refractivity contribution is -0.120. The molecule has 4 aromatic rings. The van der Waals surface area contributed by atoms with Gasteiger partial charge in [-0.2, -0.15) is 13.5 Å². The van der Waals surface area contributed by atoms with Crippen molar-refractivity contribution in [3.63, 3.8) is 0 Å². The first-order valence-corrected chi connectivity index (χ1v) is 12.2. The van der Waals surface area contributed by atoms with Crippen molar-refractivity contribution in [2.45, 2.75) is 11.3 Å². The molecule has 0 spiro atoms. The first-order chi connectivity index (χ1) is 16.9. The maximum Gasteiger partial charge on any atom is 0.339 e. The van der Waals surface area contributed by atoms with Crippen LogP contribution in [0.2, 0.25) is 0 Å². The van der Waals surface area contributed by atoms with Gasteiger partial charge in [0.25, 0.3) is 5.91 Å². The summed E-state index contributed by atoms with van der Waals surface area (Å²) in [6.45, 7) is 0. The highest BCUT2D eigenvalue weighted by Gasteiger charge is 2.18. The van der Waals surface area contributed by atoms with Crippen LogP contribution >= 0.6 is 11.3 Å². The van der Waals surface area contributed by atoms with Crippen molar-refractivity contribution in [3.05, 3.63) is 89.3 Å². The van der Waals surface area contributed by atoms with E-state index in [4.69, 9.17) is 8.60 Å². The maximum atomic E-state index is 12.5. The highest BCUT2D eigenvalue weighted by atomic mass is 32.2. The number of benzene rings is 2. The molecule has 0 bridgehead atoms. The molecule has 0 radical (unpaired) electrons. The molecule has 35 heavy (non-hydrogen) atoms. The van der Waals surface area contributed by atoms with Crippen LogP contribution in [0.4, 0.5) is 5.13 Å². The number of para-hydroxylation sites is 1. The smallest absolute Gasteiger partial charge is 0.339 e. The Hall–Kier alpha value is -4.36. The number of nitrogens with zero attached hydrogens (tertiary/aromatic N) is 3. The molecule has 0 aliphatic heterocycles. The Morgan fingerprint density at radius 2 is 1.80 bits per heavy atom. The molecular formula is C22H17N5O6S2. The zero-order valence-corrected chi connectivity index (χ0v) is 19.5. The Morgan fingerprint density at radius 3 is 2.57 bits per heavy atom. The van der Waals surface area contributed by atoms with E-state index in [9.17, 15) is 18.0 Å². The number of aromatic nitrogens is 2. The van der Waals surface area contributed by atoms with Crippen molar-refractivity contribution >= 4 is 44.6 Å². The quantitative estimate of drug-likeness (QED) is 0.198. The molecule has 0 atom stereocenters. The summed E-state index contributed by atoms with van der Waals surface area (Å²) < 4.78 is 35.2. The molecule has 0 saturated heterocycles. The number of amides is 2. The van der Waals surface area contributed by atoms with Crippen molar-refractivity contribution in [1.82, 2.24) is 15.6 Å². The lowest BCUT2D eigenvalue weighted by Crippen LogP contribution is -2.19. The van der Waals surface area contributed by atoms with E-state index in [0.29, 0.717) is 10.6 Å². The average Bonchev–Trinajstić information content (AvgIpc) is 3.53. The van der Waals surface area contributed by atoms with Gasteiger partial charge in [-0.05, 0) is 36.4 Å². The molecule has 0 unspecified atom stereocenters. The molecule has 2 N–H and O–H groups in total. The van der Waals surface area contributed by atoms with Gasteiger partial charge in [-0.3, -0.25) is 14.9 Å². The Morgan fingerprint density at radius 1 is 1.03 bits per heavy atom. The molecule has 2 amide bonds. The minimum atomic E-state index is -4.04. The molecular weight excluding hydrogens is 494 g/mol. The first-order valence-electron chi connectivity index (χ1n) is 9.98. The predicted octanol–water partition coefficient (Wildman–Crippen LogP) is 2.84. The summed E-state index contributed by atoms with van der Waals surface area (Å²) in [5.74, 6) is -0.802. The van der Waals surface area contributed by atoms with Gasteiger partial charge >= 0.3 is 10.1 Å². The molecule has 0 fully saturated rings. The summed E-state index contributed by atoms with van der Waals surface area (Å²) in [7, 11) is -4.04. The van der Waals surface area contributed by atoms with Crippen LogP contribution in [0, 0.1) is 0 Å². The van der Waals surface area contributed by atoms with Crippen LogP contribution in [-0.4, -0.2) is 36.6 Å². The fourth-order valence-corrected chi connectivity index (χ4v) is 4.42. The molecule has 178 valence electrons. The van der Waals surface area contributed by atoms with Crippen LogP contribution in [-0.2, 0) is 21.3 Å². The standard InChI is InChI=1S/C22H17N5O6S2/c28-19(13-20-26-27-22(34-20)24-21(29)18-11-6-12-32-18)25-23-14-15-7-4-5-10-17(15)33-35(30,31)16-8-2-1-3-9-16/h1-12,14H,13H2,(H,25,28)(H,24,27,29)/b23-14-. The second kappa shape index (κ2) is 10.7. The lowest BCUT2D eigenvalue weighted by Gasteiger charge is -2.09. The Kier molecular flexibility index (Phi) is 7.28. The fraction of sp³-hybridized carbons (Fsp3) is 0.0455. The second-order valence-corrected chi connectivity index (χ2v) is 9.40. The van der Waals surface area contributed by atoms with Crippen molar-refractivity contribution in [3.8, 4) is 5.75 Å². The lowest BCUT2D eigenvalue weighted by atomic mass is 10.2. The zero-order chi connectivity index (χ0) is 24.7. The van der Waals surface area contributed by atoms with E-state index in [0.717, 1.165) is 11.3 Å². The number of furan rings is 1. The van der Waals surface area contributed by atoms with E-state index in [2.05, 4.69) is 26.0 Å². The summed E-state index contributed by atoms with van der Waals surface area (Å²) in [5, 5.41) is 14.6. The number of carbonyl (C=O) groups excluding carboxylic acids is 2. The van der Waals surface area contributed by atoms with E-state index < -0.39 is 21.9 Å². The summed E-state index contributed by atoms with van der Waals surface area (Å²) in [4.78, 5) is 24.2. The molecule has 2 aromatic carbocycles. The van der Waals surface area contributed by atoms with Crippen molar-refractivity contribution in [1.29, 1.82) is 0 Å². The molecule has 2 aromatic heterocycles. The minimum absolute atomic E-state index is 0.0109. The van der Waals surface area contributed by atoms with Crippen molar-refractivity contribution < 1.29 is 26.6 Å². The maximum absolute atomic E-state index is 12.5. The average molecular weight is 512 g/mol. The van der Waals surface area contributed by atoms with Crippen LogP contribution in [0.15, 0.2) is 87.4 Å². The fourth-order valence-electron chi connectivity index (χ4n) is 2.71. The molecule has 4 rings (SSSR count). The molecule has 2 heterocycles. The Bertz CT molecular complexity index is 1450. The van der Waals surface area contributed by atoms with Gasteiger partial charge in [0.15, 0.2) is 11.5 Å². The van der Waals surface area contributed by atoms with Gasteiger partial charge in [-0.1, -0.05) is 41.7 Å². The Labute approximate surface area is 203 Å². The van der Waals surface area contributed by atoms with Crippen LogP contribution in [0.5, 0.6) is 5.75 Å². The number of carbonyl (C=O) groups is 2. The van der Waals surface area contributed by atoms with Crippen molar-refractivity contribution in [2.75, 3.05) is 5.32 Å². The number of anilines is 1. The largest absolute Gasteiger partial charge is 0.459 e. The highest BCUT2D eigenvalue weighted by molar-refractivity contribution is 7.87. The van der Waals surface area contributed by atoms with Gasteiger partial charge in [-0.15, -0.1) is 10.2 Å². The van der Waals surface area contributed by atoms with E-state index >= 15 is 0 Å². The number of hydrogen-bond acceptors (Lipinski definition) is 10. The minimum Gasteiger partial charge on any atom is -0.459 e. The van der Waals surface area contributed by atoms with E-state index in [1.807, 2.05) is 0 Å². The number of hydrogen-bond donors (Lipinski definition) is 2.